The lowest BCUT2D eigenvalue weighted by Crippen LogP contribution is -1.87. The summed E-state index contributed by atoms with van der Waals surface area (Å²) in [6.45, 7) is 1.96. The predicted molar refractivity (Wildman–Crippen MR) is 48.2 cm³/mol. The largest absolute Gasteiger partial charge is 0.371 e. The fraction of sp³-hybridized carbons (Fsp3) is 0.250. The molecule has 0 saturated carbocycles. The van der Waals surface area contributed by atoms with E-state index in [2.05, 4.69) is 20.5 Å². The number of aromatic nitrogens is 3. The van der Waals surface area contributed by atoms with Crippen molar-refractivity contribution < 1.29 is 0 Å². The van der Waals surface area contributed by atoms with Crippen molar-refractivity contribution in [2.45, 2.75) is 6.92 Å². The summed E-state index contributed by atoms with van der Waals surface area (Å²) in [6, 6.07) is 3.98. The minimum atomic E-state index is 0.833. The van der Waals surface area contributed by atoms with E-state index in [1.165, 1.54) is 0 Å². The highest BCUT2D eigenvalue weighted by molar-refractivity contribution is 5.86. The van der Waals surface area contributed by atoms with Crippen LogP contribution < -0.4 is 5.32 Å². The van der Waals surface area contributed by atoms with E-state index >= 15 is 0 Å². The molecule has 12 heavy (non-hydrogen) atoms. The first-order valence-electron chi connectivity index (χ1n) is 3.81. The van der Waals surface area contributed by atoms with Crippen molar-refractivity contribution in [3.63, 3.8) is 0 Å². The van der Waals surface area contributed by atoms with Crippen molar-refractivity contribution in [2.24, 2.45) is 0 Å². The van der Waals surface area contributed by atoms with E-state index in [1.807, 2.05) is 26.1 Å². The van der Waals surface area contributed by atoms with Crippen molar-refractivity contribution in [3.05, 3.63) is 17.8 Å². The number of hydrogen-bond donors (Lipinski definition) is 2. The number of anilines is 1. The van der Waals surface area contributed by atoms with Gasteiger partial charge in [-0.25, -0.2) is 4.98 Å². The fourth-order valence-corrected chi connectivity index (χ4v) is 1.19. The molecule has 0 aromatic carbocycles. The minimum absolute atomic E-state index is 0.833. The zero-order chi connectivity index (χ0) is 8.55. The molecule has 2 rings (SSSR count). The molecule has 4 heteroatoms. The van der Waals surface area contributed by atoms with Gasteiger partial charge in [0.25, 0.3) is 0 Å². The number of aromatic amines is 1. The average Bonchev–Trinajstić information content (AvgIpc) is 2.46. The second-order valence-electron chi connectivity index (χ2n) is 2.67. The number of fused-ring (bicyclic) bond motifs is 1. The molecular weight excluding hydrogens is 152 g/mol. The zero-order valence-corrected chi connectivity index (χ0v) is 7.05. The van der Waals surface area contributed by atoms with E-state index in [0.29, 0.717) is 0 Å². The van der Waals surface area contributed by atoms with Gasteiger partial charge in [0.1, 0.15) is 0 Å². The Morgan fingerprint density at radius 1 is 1.42 bits per heavy atom. The number of aryl methyl sites for hydroxylation is 1. The third kappa shape index (κ3) is 0.922. The highest BCUT2D eigenvalue weighted by Gasteiger charge is 2.03. The van der Waals surface area contributed by atoms with Crippen LogP contribution in [-0.2, 0) is 0 Å². The molecule has 0 aliphatic heterocycles. The highest BCUT2D eigenvalue weighted by atomic mass is 15.2. The van der Waals surface area contributed by atoms with Crippen molar-refractivity contribution >= 4 is 16.9 Å². The Hall–Kier alpha value is -1.58. The molecule has 0 aliphatic carbocycles. The number of nitrogens with zero attached hydrogens (tertiary/aromatic N) is 2. The Bertz CT molecular complexity index is 404. The molecule has 62 valence electrons. The van der Waals surface area contributed by atoms with Crippen LogP contribution >= 0.6 is 0 Å². The molecule has 0 amide bonds. The number of pyridine rings is 1. The van der Waals surface area contributed by atoms with E-state index in [9.17, 15) is 0 Å². The first-order valence-corrected chi connectivity index (χ1v) is 3.81. The smallest absolute Gasteiger partial charge is 0.157 e. The first kappa shape index (κ1) is 7.09. The van der Waals surface area contributed by atoms with E-state index in [-0.39, 0.29) is 0 Å². The Morgan fingerprint density at radius 3 is 3.00 bits per heavy atom. The lowest BCUT2D eigenvalue weighted by molar-refractivity contribution is 1.08. The Kier molecular flexibility index (Phi) is 1.46. The topological polar surface area (TPSA) is 53.6 Å². The first-order chi connectivity index (χ1) is 5.81. The van der Waals surface area contributed by atoms with Crippen LogP contribution in [0.4, 0.5) is 5.82 Å². The van der Waals surface area contributed by atoms with Crippen LogP contribution in [0.2, 0.25) is 0 Å². The number of hydrogen-bond acceptors (Lipinski definition) is 3. The SMILES string of the molecule is CNc1n[nH]c2nc(C)ccc12. The van der Waals surface area contributed by atoms with Crippen molar-refractivity contribution in [3.8, 4) is 0 Å². The standard InChI is InChI=1S/C8H10N4/c1-5-3-4-6-7(9-2)11-12-8(6)10-5/h3-4H,1-2H3,(H2,9,10,11,12). The van der Waals surface area contributed by atoms with Gasteiger partial charge >= 0.3 is 0 Å². The summed E-state index contributed by atoms with van der Waals surface area (Å²) in [4.78, 5) is 4.29. The predicted octanol–water partition coefficient (Wildman–Crippen LogP) is 1.31. The quantitative estimate of drug-likeness (QED) is 0.664. The average molecular weight is 162 g/mol. The molecule has 0 aliphatic rings. The minimum Gasteiger partial charge on any atom is -0.371 e. The second kappa shape index (κ2) is 2.48. The molecule has 0 fully saturated rings. The molecular formula is C8H10N4. The molecule has 0 unspecified atom stereocenters. The summed E-state index contributed by atoms with van der Waals surface area (Å²) in [7, 11) is 1.84. The highest BCUT2D eigenvalue weighted by Crippen LogP contribution is 2.17. The van der Waals surface area contributed by atoms with Gasteiger partial charge in [0.15, 0.2) is 11.5 Å². The van der Waals surface area contributed by atoms with Crippen LogP contribution in [0, 0.1) is 6.92 Å². The van der Waals surface area contributed by atoms with Gasteiger partial charge < -0.3 is 5.32 Å². The Labute approximate surface area is 70.0 Å². The van der Waals surface area contributed by atoms with Gasteiger partial charge in [-0.3, -0.25) is 5.10 Å². The van der Waals surface area contributed by atoms with Crippen LogP contribution in [0.3, 0.4) is 0 Å². The number of H-pyrrole nitrogens is 1. The fourth-order valence-electron chi connectivity index (χ4n) is 1.19. The molecule has 0 saturated heterocycles. The summed E-state index contributed by atoms with van der Waals surface area (Å²) in [5, 5.41) is 10.9. The number of rotatable bonds is 1. The van der Waals surface area contributed by atoms with Gasteiger partial charge in [0.05, 0.1) is 5.39 Å². The van der Waals surface area contributed by atoms with Gasteiger partial charge in [0, 0.05) is 12.7 Å². The lowest BCUT2D eigenvalue weighted by Gasteiger charge is -1.93. The van der Waals surface area contributed by atoms with E-state index in [0.717, 1.165) is 22.5 Å². The Balaban J connectivity index is 2.73. The maximum atomic E-state index is 4.29. The maximum Gasteiger partial charge on any atom is 0.157 e. The molecule has 2 aromatic heterocycles. The summed E-state index contributed by atoms with van der Waals surface area (Å²) < 4.78 is 0. The molecule has 0 bridgehead atoms. The maximum absolute atomic E-state index is 4.29. The Morgan fingerprint density at radius 2 is 2.25 bits per heavy atom. The van der Waals surface area contributed by atoms with Crippen molar-refractivity contribution in [1.29, 1.82) is 0 Å². The molecule has 2 N–H and O–H groups in total. The van der Waals surface area contributed by atoms with Crippen LogP contribution in [0.15, 0.2) is 12.1 Å². The van der Waals surface area contributed by atoms with Gasteiger partial charge in [-0.1, -0.05) is 0 Å². The van der Waals surface area contributed by atoms with E-state index in [4.69, 9.17) is 0 Å². The van der Waals surface area contributed by atoms with Gasteiger partial charge in [-0.05, 0) is 19.1 Å². The molecule has 0 atom stereocenters. The van der Waals surface area contributed by atoms with Crippen LogP contribution in [0.25, 0.3) is 11.0 Å². The summed E-state index contributed by atoms with van der Waals surface area (Å²) in [5.74, 6) is 0.845. The van der Waals surface area contributed by atoms with E-state index < -0.39 is 0 Å². The zero-order valence-electron chi connectivity index (χ0n) is 7.05. The lowest BCUT2D eigenvalue weighted by atomic mass is 10.3. The third-order valence-electron chi connectivity index (χ3n) is 1.80. The van der Waals surface area contributed by atoms with Gasteiger partial charge in [0.2, 0.25) is 0 Å². The van der Waals surface area contributed by atoms with Crippen LogP contribution in [0.5, 0.6) is 0 Å². The molecule has 0 radical (unpaired) electrons. The van der Waals surface area contributed by atoms with Gasteiger partial charge in [-0.2, -0.15) is 5.10 Å². The summed E-state index contributed by atoms with van der Waals surface area (Å²) in [5.41, 5.74) is 1.83. The van der Waals surface area contributed by atoms with Gasteiger partial charge in [-0.15, -0.1) is 0 Å². The number of nitrogens with one attached hydrogen (secondary N) is 2. The van der Waals surface area contributed by atoms with E-state index in [1.54, 1.807) is 0 Å². The molecule has 4 nitrogen and oxygen atoms in total. The summed E-state index contributed by atoms with van der Waals surface area (Å²) >= 11 is 0. The normalized spacial score (nSPS) is 10.5. The second-order valence-corrected chi connectivity index (χ2v) is 2.67. The monoisotopic (exact) mass is 162 g/mol. The van der Waals surface area contributed by atoms with Crippen molar-refractivity contribution in [2.75, 3.05) is 12.4 Å². The molecule has 2 aromatic rings. The molecule has 0 spiro atoms. The van der Waals surface area contributed by atoms with Crippen LogP contribution in [-0.4, -0.2) is 22.2 Å². The third-order valence-corrected chi connectivity index (χ3v) is 1.80. The molecule has 2 heterocycles. The summed E-state index contributed by atoms with van der Waals surface area (Å²) in [6.07, 6.45) is 0. The van der Waals surface area contributed by atoms with Crippen molar-refractivity contribution in [1.82, 2.24) is 15.2 Å². The van der Waals surface area contributed by atoms with Crippen LogP contribution in [0.1, 0.15) is 5.69 Å².